The van der Waals surface area contributed by atoms with Crippen molar-refractivity contribution in [3.63, 3.8) is 0 Å². The molecule has 0 aliphatic heterocycles. The Hall–Kier alpha value is -0.940. The topological polar surface area (TPSA) is 68.0 Å². The van der Waals surface area contributed by atoms with Gasteiger partial charge in [-0.05, 0) is 47.4 Å². The third kappa shape index (κ3) is 4.40. The largest absolute Gasteiger partial charge is 0.352 e. The number of nitrogens with one attached hydrogen (secondary N) is 1. The molecule has 1 heterocycles. The molecule has 1 aromatic rings. The number of carbonyl (C=O) groups excluding carboxylic acids is 1. The lowest BCUT2D eigenvalue weighted by Crippen LogP contribution is -2.24. The second kappa shape index (κ2) is 6.53. The molecule has 82 valence electrons. The fourth-order valence-corrected chi connectivity index (χ4v) is 1.32. The lowest BCUT2D eigenvalue weighted by molar-refractivity contribution is 0.0952. The van der Waals surface area contributed by atoms with E-state index in [-0.39, 0.29) is 5.91 Å². The Morgan fingerprint density at radius 1 is 1.47 bits per heavy atom. The van der Waals surface area contributed by atoms with Crippen LogP contribution in [0, 0.1) is 0 Å². The maximum absolute atomic E-state index is 11.5. The predicted octanol–water partition coefficient (Wildman–Crippen LogP) is 1.31. The van der Waals surface area contributed by atoms with Gasteiger partial charge >= 0.3 is 0 Å². The lowest BCUT2D eigenvalue weighted by atomic mass is 10.2. The summed E-state index contributed by atoms with van der Waals surface area (Å²) in [6.45, 7) is 1.32. The van der Waals surface area contributed by atoms with Crippen LogP contribution in [0.15, 0.2) is 22.9 Å². The van der Waals surface area contributed by atoms with Gasteiger partial charge in [0.25, 0.3) is 5.91 Å². The summed E-state index contributed by atoms with van der Waals surface area (Å²) >= 11 is 3.21. The van der Waals surface area contributed by atoms with E-state index in [1.54, 1.807) is 18.3 Å². The number of rotatable bonds is 5. The van der Waals surface area contributed by atoms with Crippen molar-refractivity contribution in [1.82, 2.24) is 10.3 Å². The van der Waals surface area contributed by atoms with Crippen LogP contribution >= 0.6 is 15.9 Å². The van der Waals surface area contributed by atoms with Gasteiger partial charge in [0.1, 0.15) is 4.60 Å². The molecule has 1 amide bonds. The number of hydrogen-bond acceptors (Lipinski definition) is 3. The highest BCUT2D eigenvalue weighted by Crippen LogP contribution is 2.05. The SMILES string of the molecule is NCCCCNC(=O)c1ccc(Br)nc1. The van der Waals surface area contributed by atoms with Crippen LogP contribution < -0.4 is 11.1 Å². The number of hydrogen-bond donors (Lipinski definition) is 2. The maximum atomic E-state index is 11.5. The molecule has 3 N–H and O–H groups in total. The second-order valence-electron chi connectivity index (χ2n) is 3.12. The third-order valence-corrected chi connectivity index (χ3v) is 2.38. The molecule has 0 saturated carbocycles. The first-order chi connectivity index (χ1) is 7.24. The summed E-state index contributed by atoms with van der Waals surface area (Å²) in [5.41, 5.74) is 5.92. The van der Waals surface area contributed by atoms with Crippen molar-refractivity contribution in [3.05, 3.63) is 28.5 Å². The minimum Gasteiger partial charge on any atom is -0.352 e. The Labute approximate surface area is 97.4 Å². The van der Waals surface area contributed by atoms with Gasteiger partial charge in [-0.25, -0.2) is 4.98 Å². The van der Waals surface area contributed by atoms with Gasteiger partial charge in [-0.2, -0.15) is 0 Å². The highest BCUT2D eigenvalue weighted by Gasteiger charge is 2.04. The molecule has 0 bridgehead atoms. The van der Waals surface area contributed by atoms with Crippen LogP contribution in [0.2, 0.25) is 0 Å². The van der Waals surface area contributed by atoms with Crippen molar-refractivity contribution >= 4 is 21.8 Å². The minimum absolute atomic E-state index is 0.0907. The standard InChI is InChI=1S/C10H14BrN3O/c11-9-4-3-8(7-14-9)10(15)13-6-2-1-5-12/h3-4,7H,1-2,5-6,12H2,(H,13,15). The van der Waals surface area contributed by atoms with E-state index >= 15 is 0 Å². The molecule has 0 unspecified atom stereocenters. The number of nitrogens with zero attached hydrogens (tertiary/aromatic N) is 1. The molecular formula is C10H14BrN3O. The van der Waals surface area contributed by atoms with E-state index in [2.05, 4.69) is 26.2 Å². The summed E-state index contributed by atoms with van der Waals surface area (Å²) in [6, 6.07) is 3.48. The van der Waals surface area contributed by atoms with Crippen molar-refractivity contribution in [2.24, 2.45) is 5.73 Å². The summed E-state index contributed by atoms with van der Waals surface area (Å²) in [5.74, 6) is -0.0907. The van der Waals surface area contributed by atoms with Gasteiger partial charge in [-0.15, -0.1) is 0 Å². The first-order valence-corrected chi connectivity index (χ1v) is 5.63. The molecule has 0 aliphatic rings. The van der Waals surface area contributed by atoms with Crippen LogP contribution in [0.5, 0.6) is 0 Å². The van der Waals surface area contributed by atoms with E-state index in [0.717, 1.165) is 17.4 Å². The molecule has 0 fully saturated rings. The zero-order valence-electron chi connectivity index (χ0n) is 8.37. The number of pyridine rings is 1. The average molecular weight is 272 g/mol. The minimum atomic E-state index is -0.0907. The molecule has 0 saturated heterocycles. The quantitative estimate of drug-likeness (QED) is 0.627. The van der Waals surface area contributed by atoms with Crippen molar-refractivity contribution in [3.8, 4) is 0 Å². The molecule has 0 aromatic carbocycles. The van der Waals surface area contributed by atoms with Gasteiger partial charge in [0.2, 0.25) is 0 Å². The van der Waals surface area contributed by atoms with Crippen LogP contribution in [0.3, 0.4) is 0 Å². The summed E-state index contributed by atoms with van der Waals surface area (Å²) in [5, 5.41) is 2.80. The van der Waals surface area contributed by atoms with Gasteiger partial charge < -0.3 is 11.1 Å². The smallest absolute Gasteiger partial charge is 0.252 e. The van der Waals surface area contributed by atoms with E-state index in [9.17, 15) is 4.79 Å². The number of amides is 1. The average Bonchev–Trinajstić information content (AvgIpc) is 2.25. The Balaban J connectivity index is 2.37. The molecule has 5 heteroatoms. The number of nitrogens with two attached hydrogens (primary N) is 1. The van der Waals surface area contributed by atoms with E-state index in [0.29, 0.717) is 18.7 Å². The fourth-order valence-electron chi connectivity index (χ4n) is 1.08. The monoisotopic (exact) mass is 271 g/mol. The van der Waals surface area contributed by atoms with Gasteiger partial charge in [0.05, 0.1) is 5.56 Å². The van der Waals surface area contributed by atoms with Crippen LogP contribution in [-0.4, -0.2) is 24.0 Å². The molecule has 1 rings (SSSR count). The highest BCUT2D eigenvalue weighted by molar-refractivity contribution is 9.10. The van der Waals surface area contributed by atoms with Crippen LogP contribution in [0.25, 0.3) is 0 Å². The summed E-state index contributed by atoms with van der Waals surface area (Å²) in [6.07, 6.45) is 3.38. The number of carbonyl (C=O) groups is 1. The first-order valence-electron chi connectivity index (χ1n) is 4.84. The van der Waals surface area contributed by atoms with Gasteiger partial charge in [-0.3, -0.25) is 4.79 Å². The van der Waals surface area contributed by atoms with Crippen LogP contribution in [-0.2, 0) is 0 Å². The Morgan fingerprint density at radius 2 is 2.27 bits per heavy atom. The molecule has 1 aromatic heterocycles. The zero-order chi connectivity index (χ0) is 11.1. The van der Waals surface area contributed by atoms with Gasteiger partial charge in [0, 0.05) is 12.7 Å². The van der Waals surface area contributed by atoms with Gasteiger partial charge in [-0.1, -0.05) is 0 Å². The lowest BCUT2D eigenvalue weighted by Gasteiger charge is -2.03. The molecule has 0 aliphatic carbocycles. The van der Waals surface area contributed by atoms with Crippen LogP contribution in [0.4, 0.5) is 0 Å². The van der Waals surface area contributed by atoms with Crippen molar-refractivity contribution < 1.29 is 4.79 Å². The van der Waals surface area contributed by atoms with Crippen molar-refractivity contribution in [2.45, 2.75) is 12.8 Å². The van der Waals surface area contributed by atoms with Gasteiger partial charge in [0.15, 0.2) is 0 Å². The van der Waals surface area contributed by atoms with Crippen molar-refractivity contribution in [1.29, 1.82) is 0 Å². The highest BCUT2D eigenvalue weighted by atomic mass is 79.9. The molecule has 0 radical (unpaired) electrons. The van der Waals surface area contributed by atoms with Crippen molar-refractivity contribution in [2.75, 3.05) is 13.1 Å². The molecule has 4 nitrogen and oxygen atoms in total. The fraction of sp³-hybridized carbons (Fsp3) is 0.400. The molecule has 0 spiro atoms. The van der Waals surface area contributed by atoms with E-state index in [1.807, 2.05) is 0 Å². The molecule has 15 heavy (non-hydrogen) atoms. The predicted molar refractivity (Wildman–Crippen MR) is 62.6 cm³/mol. The number of halogens is 1. The summed E-state index contributed by atoms with van der Waals surface area (Å²) in [4.78, 5) is 15.5. The summed E-state index contributed by atoms with van der Waals surface area (Å²) in [7, 11) is 0. The second-order valence-corrected chi connectivity index (χ2v) is 3.93. The molecule has 0 atom stereocenters. The first kappa shape index (κ1) is 12.1. The molecular weight excluding hydrogens is 258 g/mol. The van der Waals surface area contributed by atoms with Crippen LogP contribution in [0.1, 0.15) is 23.2 Å². The normalized spacial score (nSPS) is 10.0. The van der Waals surface area contributed by atoms with E-state index in [4.69, 9.17) is 5.73 Å². The van der Waals surface area contributed by atoms with E-state index in [1.165, 1.54) is 0 Å². The Kier molecular flexibility index (Phi) is 5.28. The number of aromatic nitrogens is 1. The third-order valence-electron chi connectivity index (χ3n) is 1.91. The Morgan fingerprint density at radius 3 is 2.87 bits per heavy atom. The zero-order valence-corrected chi connectivity index (χ0v) is 9.96. The summed E-state index contributed by atoms with van der Waals surface area (Å²) < 4.78 is 0.724. The van der Waals surface area contributed by atoms with E-state index < -0.39 is 0 Å². The number of unbranched alkanes of at least 4 members (excludes halogenated alkanes) is 1. The maximum Gasteiger partial charge on any atom is 0.252 e. The Bertz CT molecular complexity index is 313.